The van der Waals surface area contributed by atoms with Crippen LogP contribution in [0.4, 0.5) is 0 Å². The second kappa shape index (κ2) is 9.88. The lowest BCUT2D eigenvalue weighted by Gasteiger charge is -2.25. The molecule has 0 saturated carbocycles. The number of hydrogen-bond acceptors (Lipinski definition) is 3. The van der Waals surface area contributed by atoms with Gasteiger partial charge in [-0.3, -0.25) is 14.5 Å². The van der Waals surface area contributed by atoms with Crippen LogP contribution >= 0.6 is 0 Å². The van der Waals surface area contributed by atoms with Gasteiger partial charge < -0.3 is 10.2 Å². The first kappa shape index (κ1) is 21.4. The van der Waals surface area contributed by atoms with Crippen molar-refractivity contribution in [3.8, 4) is 0 Å². The van der Waals surface area contributed by atoms with Gasteiger partial charge in [-0.25, -0.2) is 0 Å². The number of likely N-dealkylation sites (N-methyl/N-ethyl adjacent to an activating group) is 1. The van der Waals surface area contributed by atoms with Crippen molar-refractivity contribution < 1.29 is 9.59 Å². The SMILES string of the molecule is CC(C)c1ccc([C@H](NC(=O)CN(C)CC(=O)N2CCCC2)C(C)C)cc1. The average molecular weight is 374 g/mol. The molecule has 5 nitrogen and oxygen atoms in total. The molecule has 1 atom stereocenters. The molecule has 0 spiro atoms. The van der Waals surface area contributed by atoms with Crippen LogP contribution in [0.2, 0.25) is 0 Å². The molecule has 0 aliphatic carbocycles. The first-order valence-corrected chi connectivity index (χ1v) is 10.1. The Bertz CT molecular complexity index is 619. The fourth-order valence-electron chi connectivity index (χ4n) is 3.54. The van der Waals surface area contributed by atoms with Crippen LogP contribution in [-0.4, -0.2) is 54.8 Å². The third kappa shape index (κ3) is 6.35. The van der Waals surface area contributed by atoms with Gasteiger partial charge in [0.05, 0.1) is 19.1 Å². The van der Waals surface area contributed by atoms with E-state index in [0.717, 1.165) is 31.5 Å². The van der Waals surface area contributed by atoms with Gasteiger partial charge in [-0.15, -0.1) is 0 Å². The molecule has 1 heterocycles. The van der Waals surface area contributed by atoms with Crippen LogP contribution in [0.1, 0.15) is 63.6 Å². The average Bonchev–Trinajstić information content (AvgIpc) is 3.14. The molecule has 1 saturated heterocycles. The zero-order chi connectivity index (χ0) is 20.0. The van der Waals surface area contributed by atoms with Gasteiger partial charge in [0.2, 0.25) is 11.8 Å². The standard InChI is InChI=1S/C22H35N3O2/c1-16(2)18-8-10-19(11-9-18)22(17(3)4)23-20(26)14-24(5)15-21(27)25-12-6-7-13-25/h8-11,16-17,22H,6-7,12-15H2,1-5H3,(H,23,26)/t22-/m1/s1. The van der Waals surface area contributed by atoms with E-state index in [-0.39, 0.29) is 30.3 Å². The fourth-order valence-corrected chi connectivity index (χ4v) is 3.54. The lowest BCUT2D eigenvalue weighted by molar-refractivity contribution is -0.131. The quantitative estimate of drug-likeness (QED) is 0.761. The molecule has 1 fully saturated rings. The topological polar surface area (TPSA) is 52.7 Å². The Morgan fingerprint density at radius 2 is 1.56 bits per heavy atom. The second-order valence-electron chi connectivity index (χ2n) is 8.37. The van der Waals surface area contributed by atoms with Crippen molar-refractivity contribution in [1.29, 1.82) is 0 Å². The first-order valence-electron chi connectivity index (χ1n) is 10.1. The zero-order valence-electron chi connectivity index (χ0n) is 17.5. The van der Waals surface area contributed by atoms with Gasteiger partial charge >= 0.3 is 0 Å². The van der Waals surface area contributed by atoms with E-state index in [1.54, 1.807) is 4.90 Å². The molecule has 1 aromatic carbocycles. The van der Waals surface area contributed by atoms with Crippen molar-refractivity contribution in [2.45, 2.75) is 52.5 Å². The largest absolute Gasteiger partial charge is 0.348 e. The molecular weight excluding hydrogens is 338 g/mol. The molecule has 0 bridgehead atoms. The minimum absolute atomic E-state index is 0.0265. The third-order valence-corrected chi connectivity index (χ3v) is 5.22. The van der Waals surface area contributed by atoms with Crippen molar-refractivity contribution in [3.63, 3.8) is 0 Å². The van der Waals surface area contributed by atoms with Gasteiger partial charge in [-0.2, -0.15) is 0 Å². The summed E-state index contributed by atoms with van der Waals surface area (Å²) in [4.78, 5) is 28.5. The van der Waals surface area contributed by atoms with Crippen LogP contribution in [0, 0.1) is 5.92 Å². The molecule has 27 heavy (non-hydrogen) atoms. The van der Waals surface area contributed by atoms with E-state index in [0.29, 0.717) is 12.5 Å². The molecule has 1 aliphatic rings. The second-order valence-corrected chi connectivity index (χ2v) is 8.37. The van der Waals surface area contributed by atoms with Gasteiger partial charge in [-0.1, -0.05) is 52.0 Å². The van der Waals surface area contributed by atoms with Crippen LogP contribution in [0.15, 0.2) is 24.3 Å². The van der Waals surface area contributed by atoms with Gasteiger partial charge in [-0.05, 0) is 42.9 Å². The molecule has 1 N–H and O–H groups in total. The van der Waals surface area contributed by atoms with Crippen molar-refractivity contribution >= 4 is 11.8 Å². The predicted octanol–water partition coefficient (Wildman–Crippen LogP) is 3.18. The number of rotatable bonds is 8. The number of carbonyl (C=O) groups excluding carboxylic acids is 2. The summed E-state index contributed by atoms with van der Waals surface area (Å²) in [5.74, 6) is 0.856. The fraction of sp³-hybridized carbons (Fsp3) is 0.636. The maximum absolute atomic E-state index is 12.5. The molecule has 2 amide bonds. The highest BCUT2D eigenvalue weighted by molar-refractivity contribution is 5.81. The van der Waals surface area contributed by atoms with E-state index >= 15 is 0 Å². The number of benzene rings is 1. The number of hydrogen-bond donors (Lipinski definition) is 1. The minimum atomic E-state index is -0.0432. The van der Waals surface area contributed by atoms with Crippen molar-refractivity contribution in [1.82, 2.24) is 15.1 Å². The number of nitrogens with one attached hydrogen (secondary N) is 1. The molecular formula is C22H35N3O2. The van der Waals surface area contributed by atoms with E-state index in [1.807, 2.05) is 11.9 Å². The monoisotopic (exact) mass is 373 g/mol. The Labute approximate surface area is 164 Å². The summed E-state index contributed by atoms with van der Waals surface area (Å²) in [6.45, 7) is 10.8. The molecule has 0 aromatic heterocycles. The number of carbonyl (C=O) groups is 2. The summed E-state index contributed by atoms with van der Waals surface area (Å²) in [7, 11) is 1.83. The molecule has 150 valence electrons. The van der Waals surface area contributed by atoms with Crippen LogP contribution in [0.25, 0.3) is 0 Å². The number of amides is 2. The van der Waals surface area contributed by atoms with Crippen molar-refractivity contribution in [3.05, 3.63) is 35.4 Å². The normalized spacial score (nSPS) is 15.6. The maximum atomic E-state index is 12.5. The number of likely N-dealkylation sites (tertiary alicyclic amines) is 1. The highest BCUT2D eigenvalue weighted by Gasteiger charge is 2.22. The lowest BCUT2D eigenvalue weighted by Crippen LogP contribution is -2.43. The van der Waals surface area contributed by atoms with E-state index in [1.165, 1.54) is 5.56 Å². The van der Waals surface area contributed by atoms with Crippen molar-refractivity contribution in [2.24, 2.45) is 5.92 Å². The van der Waals surface area contributed by atoms with Gasteiger partial charge in [0.1, 0.15) is 0 Å². The Balaban J connectivity index is 1.91. The van der Waals surface area contributed by atoms with E-state index in [4.69, 9.17) is 0 Å². The Morgan fingerprint density at radius 1 is 1.00 bits per heavy atom. The number of nitrogens with zero attached hydrogens (tertiary/aromatic N) is 2. The Morgan fingerprint density at radius 3 is 2.07 bits per heavy atom. The summed E-state index contributed by atoms with van der Waals surface area (Å²) in [6.07, 6.45) is 2.17. The van der Waals surface area contributed by atoms with E-state index in [9.17, 15) is 9.59 Å². The van der Waals surface area contributed by atoms with Crippen LogP contribution in [-0.2, 0) is 9.59 Å². The molecule has 1 aromatic rings. The smallest absolute Gasteiger partial charge is 0.236 e. The third-order valence-electron chi connectivity index (χ3n) is 5.22. The van der Waals surface area contributed by atoms with E-state index in [2.05, 4.69) is 57.3 Å². The first-order chi connectivity index (χ1) is 12.8. The molecule has 5 heteroatoms. The molecule has 0 radical (unpaired) electrons. The van der Waals surface area contributed by atoms with E-state index < -0.39 is 0 Å². The van der Waals surface area contributed by atoms with Crippen LogP contribution < -0.4 is 5.32 Å². The summed E-state index contributed by atoms with van der Waals surface area (Å²) in [5.41, 5.74) is 2.42. The lowest BCUT2D eigenvalue weighted by atomic mass is 9.93. The predicted molar refractivity (Wildman–Crippen MR) is 110 cm³/mol. The van der Waals surface area contributed by atoms with Crippen LogP contribution in [0.5, 0.6) is 0 Å². The highest BCUT2D eigenvalue weighted by Crippen LogP contribution is 2.24. The van der Waals surface area contributed by atoms with Gasteiger partial charge in [0, 0.05) is 13.1 Å². The summed E-state index contributed by atoms with van der Waals surface area (Å²) in [6, 6.07) is 8.48. The summed E-state index contributed by atoms with van der Waals surface area (Å²) in [5, 5.41) is 3.15. The highest BCUT2D eigenvalue weighted by atomic mass is 16.2. The molecule has 0 unspecified atom stereocenters. The Kier molecular flexibility index (Phi) is 7.84. The zero-order valence-corrected chi connectivity index (χ0v) is 17.5. The molecule has 2 rings (SSSR count). The minimum Gasteiger partial charge on any atom is -0.348 e. The van der Waals surface area contributed by atoms with Crippen LogP contribution in [0.3, 0.4) is 0 Å². The summed E-state index contributed by atoms with van der Waals surface area (Å²) >= 11 is 0. The van der Waals surface area contributed by atoms with Crippen molar-refractivity contribution in [2.75, 3.05) is 33.2 Å². The Hall–Kier alpha value is -1.88. The summed E-state index contributed by atoms with van der Waals surface area (Å²) < 4.78 is 0. The van der Waals surface area contributed by atoms with Gasteiger partial charge in [0.15, 0.2) is 0 Å². The van der Waals surface area contributed by atoms with Gasteiger partial charge in [0.25, 0.3) is 0 Å². The molecule has 1 aliphatic heterocycles. The maximum Gasteiger partial charge on any atom is 0.236 e.